The SMILES string of the molecule is CC(C)(C)OC(=O)NCCCN(CCCN(CCCCN1C(=O)c2ccccc2C1=O)C(=O)OC(C)(C)C)C(=O)OC(C)(C)C. The zero-order chi connectivity index (χ0) is 34.0. The van der Waals surface area contributed by atoms with Gasteiger partial charge in [-0.05, 0) is 100 Å². The number of unbranched alkanes of at least 4 members (excludes halogenated alkanes) is 1. The van der Waals surface area contributed by atoms with Crippen LogP contribution in [-0.2, 0) is 14.2 Å². The molecule has 1 aliphatic rings. The van der Waals surface area contributed by atoms with Crippen LogP contribution in [0.2, 0.25) is 0 Å². The molecule has 0 spiro atoms. The highest BCUT2D eigenvalue weighted by Gasteiger charge is 2.34. The fourth-order valence-electron chi connectivity index (χ4n) is 4.48. The van der Waals surface area contributed by atoms with Gasteiger partial charge < -0.3 is 29.3 Å². The Kier molecular flexibility index (Phi) is 13.2. The molecule has 2 rings (SSSR count). The van der Waals surface area contributed by atoms with E-state index in [0.29, 0.717) is 69.5 Å². The van der Waals surface area contributed by atoms with Gasteiger partial charge in [0.2, 0.25) is 0 Å². The maximum absolute atomic E-state index is 13.1. The molecule has 0 saturated carbocycles. The van der Waals surface area contributed by atoms with E-state index in [1.165, 1.54) is 4.90 Å². The number of rotatable bonds is 13. The lowest BCUT2D eigenvalue weighted by Gasteiger charge is -2.30. The predicted octanol–water partition coefficient (Wildman–Crippen LogP) is 5.84. The number of carbonyl (C=O) groups excluding carboxylic acids is 5. The maximum atomic E-state index is 13.1. The number of nitrogens with zero attached hydrogens (tertiary/aromatic N) is 3. The molecule has 12 nitrogen and oxygen atoms in total. The number of benzene rings is 1. The molecule has 12 heteroatoms. The lowest BCUT2D eigenvalue weighted by Crippen LogP contribution is -2.42. The predicted molar refractivity (Wildman–Crippen MR) is 170 cm³/mol. The normalized spacial score (nSPS) is 13.3. The summed E-state index contributed by atoms with van der Waals surface area (Å²) in [5.74, 6) is -0.605. The zero-order valence-corrected chi connectivity index (χ0v) is 28.5. The zero-order valence-electron chi connectivity index (χ0n) is 28.5. The van der Waals surface area contributed by atoms with Crippen molar-refractivity contribution in [1.82, 2.24) is 20.0 Å². The Morgan fingerprint density at radius 3 is 1.51 bits per heavy atom. The molecule has 1 aromatic carbocycles. The van der Waals surface area contributed by atoms with Gasteiger partial charge in [0.05, 0.1) is 11.1 Å². The second-order valence-corrected chi connectivity index (χ2v) is 14.1. The number of hydrogen-bond donors (Lipinski definition) is 1. The van der Waals surface area contributed by atoms with Gasteiger partial charge >= 0.3 is 18.3 Å². The number of fused-ring (bicyclic) bond motifs is 1. The van der Waals surface area contributed by atoms with Crippen molar-refractivity contribution >= 4 is 30.1 Å². The highest BCUT2D eigenvalue weighted by atomic mass is 16.6. The number of carbonyl (C=O) groups is 5. The van der Waals surface area contributed by atoms with Crippen LogP contribution in [-0.4, -0.2) is 101 Å². The third-order valence-corrected chi connectivity index (χ3v) is 6.37. The second-order valence-electron chi connectivity index (χ2n) is 14.1. The molecule has 0 aromatic heterocycles. The van der Waals surface area contributed by atoms with Crippen LogP contribution < -0.4 is 5.32 Å². The van der Waals surface area contributed by atoms with Crippen LogP contribution in [0.15, 0.2) is 24.3 Å². The van der Waals surface area contributed by atoms with Crippen molar-refractivity contribution in [2.45, 2.75) is 105 Å². The van der Waals surface area contributed by atoms with Crippen molar-refractivity contribution in [3.63, 3.8) is 0 Å². The fraction of sp³-hybridized carbons (Fsp3) is 0.667. The van der Waals surface area contributed by atoms with Crippen LogP contribution in [0.4, 0.5) is 14.4 Å². The van der Waals surface area contributed by atoms with Crippen LogP contribution in [0.5, 0.6) is 0 Å². The Labute approximate surface area is 267 Å². The summed E-state index contributed by atoms with van der Waals surface area (Å²) in [5.41, 5.74) is -1.17. The molecular formula is C33H52N4O8. The van der Waals surface area contributed by atoms with Crippen LogP contribution in [0.25, 0.3) is 0 Å². The molecule has 0 aliphatic carbocycles. The van der Waals surface area contributed by atoms with E-state index in [9.17, 15) is 24.0 Å². The van der Waals surface area contributed by atoms with Crippen LogP contribution in [0, 0.1) is 0 Å². The molecule has 1 N–H and O–H groups in total. The van der Waals surface area contributed by atoms with Crippen molar-refractivity contribution in [3.05, 3.63) is 35.4 Å². The molecule has 252 valence electrons. The molecule has 0 bridgehead atoms. The first-order valence-electron chi connectivity index (χ1n) is 15.7. The van der Waals surface area contributed by atoms with Crippen molar-refractivity contribution < 1.29 is 38.2 Å². The fourth-order valence-corrected chi connectivity index (χ4v) is 4.48. The minimum atomic E-state index is -0.695. The third-order valence-electron chi connectivity index (χ3n) is 6.37. The molecule has 5 amide bonds. The Morgan fingerprint density at radius 2 is 1.07 bits per heavy atom. The number of alkyl carbamates (subject to hydrolysis) is 1. The van der Waals surface area contributed by atoms with Crippen molar-refractivity contribution in [3.8, 4) is 0 Å². The molecule has 45 heavy (non-hydrogen) atoms. The Morgan fingerprint density at radius 1 is 0.644 bits per heavy atom. The van der Waals surface area contributed by atoms with Gasteiger partial charge in [0, 0.05) is 39.3 Å². The summed E-state index contributed by atoms with van der Waals surface area (Å²) < 4.78 is 16.5. The quantitative estimate of drug-likeness (QED) is 0.163. The Balaban J connectivity index is 1.96. The van der Waals surface area contributed by atoms with E-state index in [-0.39, 0.29) is 18.4 Å². The van der Waals surface area contributed by atoms with Crippen LogP contribution >= 0.6 is 0 Å². The van der Waals surface area contributed by atoms with Crippen molar-refractivity contribution in [2.24, 2.45) is 0 Å². The summed E-state index contributed by atoms with van der Waals surface area (Å²) in [7, 11) is 0. The first kappa shape index (κ1) is 37.4. The monoisotopic (exact) mass is 632 g/mol. The smallest absolute Gasteiger partial charge is 0.410 e. The van der Waals surface area contributed by atoms with Gasteiger partial charge in [0.15, 0.2) is 0 Å². The molecule has 1 aliphatic heterocycles. The summed E-state index contributed by atoms with van der Waals surface area (Å²) in [6, 6.07) is 6.77. The van der Waals surface area contributed by atoms with Crippen molar-refractivity contribution in [2.75, 3.05) is 39.3 Å². The highest BCUT2D eigenvalue weighted by molar-refractivity contribution is 6.21. The topological polar surface area (TPSA) is 135 Å². The molecule has 0 atom stereocenters. The van der Waals surface area contributed by atoms with Gasteiger partial charge in [0.25, 0.3) is 11.8 Å². The maximum Gasteiger partial charge on any atom is 0.410 e. The van der Waals surface area contributed by atoms with E-state index in [4.69, 9.17) is 14.2 Å². The number of nitrogens with one attached hydrogen (secondary N) is 1. The van der Waals surface area contributed by atoms with E-state index >= 15 is 0 Å². The number of ether oxygens (including phenoxy) is 3. The lowest BCUT2D eigenvalue weighted by atomic mass is 10.1. The molecule has 0 saturated heterocycles. The van der Waals surface area contributed by atoms with Crippen LogP contribution in [0.3, 0.4) is 0 Å². The average molecular weight is 633 g/mol. The van der Waals surface area contributed by atoms with E-state index < -0.39 is 35.1 Å². The van der Waals surface area contributed by atoms with E-state index in [1.807, 2.05) is 0 Å². The van der Waals surface area contributed by atoms with Gasteiger partial charge in [0.1, 0.15) is 16.8 Å². The molecule has 0 fully saturated rings. The third kappa shape index (κ3) is 13.4. The minimum Gasteiger partial charge on any atom is -0.444 e. The van der Waals surface area contributed by atoms with Crippen molar-refractivity contribution in [1.29, 1.82) is 0 Å². The standard InChI is InChI=1S/C33H52N4O8/c1-31(2,3)43-28(40)34-18-14-20-36(30(42)45-33(7,8)9)22-15-21-35(29(41)44-32(4,5)6)19-12-13-23-37-26(38)24-16-10-11-17-25(24)27(37)39/h10-11,16-17H,12-15,18-23H2,1-9H3,(H,34,40). The number of amides is 5. The average Bonchev–Trinajstić information content (AvgIpc) is 3.12. The molecule has 0 radical (unpaired) electrons. The molecule has 0 unspecified atom stereocenters. The second kappa shape index (κ2) is 15.9. The largest absolute Gasteiger partial charge is 0.444 e. The molecular weight excluding hydrogens is 580 g/mol. The molecule has 1 heterocycles. The summed E-state index contributed by atoms with van der Waals surface area (Å²) in [6.07, 6.45) is 0.501. The van der Waals surface area contributed by atoms with Gasteiger partial charge in [-0.15, -0.1) is 0 Å². The summed E-state index contributed by atoms with van der Waals surface area (Å²) in [5, 5.41) is 2.70. The summed E-state index contributed by atoms with van der Waals surface area (Å²) >= 11 is 0. The first-order chi connectivity index (χ1) is 20.8. The van der Waals surface area contributed by atoms with Gasteiger partial charge in [-0.2, -0.15) is 0 Å². The van der Waals surface area contributed by atoms with Gasteiger partial charge in [-0.25, -0.2) is 14.4 Å². The first-order valence-corrected chi connectivity index (χ1v) is 15.7. The summed E-state index contributed by atoms with van der Waals surface area (Å²) in [6.45, 7) is 18.0. The van der Waals surface area contributed by atoms with E-state index in [2.05, 4.69) is 5.32 Å². The van der Waals surface area contributed by atoms with Crippen LogP contribution in [0.1, 0.15) is 109 Å². The summed E-state index contributed by atoms with van der Waals surface area (Å²) in [4.78, 5) is 67.8. The Bertz CT molecular complexity index is 1160. The van der Waals surface area contributed by atoms with E-state index in [1.54, 1.807) is 96.4 Å². The highest BCUT2D eigenvalue weighted by Crippen LogP contribution is 2.23. The number of imide groups is 1. The van der Waals surface area contributed by atoms with Gasteiger partial charge in [-0.3, -0.25) is 14.5 Å². The molecule has 1 aromatic rings. The Hall–Kier alpha value is -3.83. The number of hydrogen-bond acceptors (Lipinski definition) is 8. The van der Waals surface area contributed by atoms with Gasteiger partial charge in [-0.1, -0.05) is 12.1 Å². The minimum absolute atomic E-state index is 0.248. The van der Waals surface area contributed by atoms with E-state index in [0.717, 1.165) is 0 Å². The lowest BCUT2D eigenvalue weighted by molar-refractivity contribution is 0.0200.